The molecule has 172 valence electrons. The van der Waals surface area contributed by atoms with E-state index in [2.05, 4.69) is 5.32 Å². The van der Waals surface area contributed by atoms with Gasteiger partial charge in [-0.3, -0.25) is 24.1 Å². The number of amides is 4. The Morgan fingerprint density at radius 3 is 2.61 bits per heavy atom. The number of anilines is 1. The van der Waals surface area contributed by atoms with E-state index in [-0.39, 0.29) is 17.4 Å². The smallest absolute Gasteiger partial charge is 0.294 e. The summed E-state index contributed by atoms with van der Waals surface area (Å²) < 4.78 is 11.0. The number of nitrogens with two attached hydrogens (primary N) is 1. The van der Waals surface area contributed by atoms with Gasteiger partial charge in [-0.1, -0.05) is 18.2 Å². The van der Waals surface area contributed by atoms with Gasteiger partial charge in [0.1, 0.15) is 6.54 Å². The molecule has 10 heteroatoms. The standard InChI is InChI=1S/C23H23N3O6S/c1-13-5-4-6-16(14(13)2)25-21(28)12-32-17-8-7-15(9-18(17)31-3)10-19-22(29)26(11-20(24)27)23(30)33-19/h4-10H,11-12H2,1-3H3,(H2,24,27)(H,25,28)/b19-10-. The molecule has 3 rings (SSSR count). The second-order valence-corrected chi connectivity index (χ2v) is 8.22. The van der Waals surface area contributed by atoms with Gasteiger partial charge in [0.2, 0.25) is 5.91 Å². The largest absolute Gasteiger partial charge is 0.493 e. The van der Waals surface area contributed by atoms with Gasteiger partial charge in [0.05, 0.1) is 12.0 Å². The summed E-state index contributed by atoms with van der Waals surface area (Å²) in [5, 5.41) is 2.26. The number of ether oxygens (including phenoxy) is 2. The van der Waals surface area contributed by atoms with E-state index in [1.54, 1.807) is 18.2 Å². The van der Waals surface area contributed by atoms with Crippen molar-refractivity contribution in [1.29, 1.82) is 0 Å². The lowest BCUT2D eigenvalue weighted by molar-refractivity contribution is -0.127. The Kier molecular flexibility index (Phi) is 7.39. The van der Waals surface area contributed by atoms with Crippen LogP contribution in [-0.4, -0.2) is 48.1 Å². The van der Waals surface area contributed by atoms with Crippen molar-refractivity contribution in [3.63, 3.8) is 0 Å². The maximum Gasteiger partial charge on any atom is 0.294 e. The molecule has 0 aromatic heterocycles. The first-order valence-electron chi connectivity index (χ1n) is 9.90. The maximum absolute atomic E-state index is 12.4. The van der Waals surface area contributed by atoms with Gasteiger partial charge in [0.25, 0.3) is 17.1 Å². The lowest BCUT2D eigenvalue weighted by Crippen LogP contribution is -2.36. The molecule has 2 aromatic carbocycles. The van der Waals surface area contributed by atoms with Crippen molar-refractivity contribution in [2.75, 3.05) is 25.6 Å². The second kappa shape index (κ2) is 10.2. The van der Waals surface area contributed by atoms with Crippen LogP contribution in [0.5, 0.6) is 11.5 Å². The fourth-order valence-corrected chi connectivity index (χ4v) is 3.89. The summed E-state index contributed by atoms with van der Waals surface area (Å²) in [6, 6.07) is 10.5. The summed E-state index contributed by atoms with van der Waals surface area (Å²) in [6.45, 7) is 3.19. The Bertz CT molecular complexity index is 1160. The first-order chi connectivity index (χ1) is 15.7. The molecule has 3 N–H and O–H groups in total. The molecule has 33 heavy (non-hydrogen) atoms. The molecule has 1 fully saturated rings. The van der Waals surface area contributed by atoms with Gasteiger partial charge in [0, 0.05) is 5.69 Å². The number of methoxy groups -OCH3 is 1. The van der Waals surface area contributed by atoms with Gasteiger partial charge in [-0.05, 0) is 66.6 Å². The van der Waals surface area contributed by atoms with Crippen LogP contribution in [-0.2, 0) is 14.4 Å². The molecule has 0 spiro atoms. The fourth-order valence-electron chi connectivity index (χ4n) is 3.05. The molecule has 0 bridgehead atoms. The highest BCUT2D eigenvalue weighted by atomic mass is 32.2. The first-order valence-corrected chi connectivity index (χ1v) is 10.7. The molecule has 0 atom stereocenters. The predicted octanol–water partition coefficient (Wildman–Crippen LogP) is 2.85. The zero-order valence-corrected chi connectivity index (χ0v) is 19.2. The third-order valence-corrected chi connectivity index (χ3v) is 5.82. The van der Waals surface area contributed by atoms with Gasteiger partial charge in [-0.25, -0.2) is 0 Å². The maximum atomic E-state index is 12.4. The van der Waals surface area contributed by atoms with E-state index in [4.69, 9.17) is 15.2 Å². The monoisotopic (exact) mass is 469 g/mol. The van der Waals surface area contributed by atoms with Gasteiger partial charge in [-0.15, -0.1) is 0 Å². The van der Waals surface area contributed by atoms with Crippen molar-refractivity contribution in [2.24, 2.45) is 5.73 Å². The van der Waals surface area contributed by atoms with Crippen molar-refractivity contribution >= 4 is 46.5 Å². The highest BCUT2D eigenvalue weighted by molar-refractivity contribution is 8.18. The van der Waals surface area contributed by atoms with Crippen molar-refractivity contribution in [3.8, 4) is 11.5 Å². The number of hydrogen-bond acceptors (Lipinski definition) is 7. The minimum absolute atomic E-state index is 0.157. The van der Waals surface area contributed by atoms with Crippen LogP contribution in [0.15, 0.2) is 41.3 Å². The van der Waals surface area contributed by atoms with E-state index in [1.807, 2.05) is 32.0 Å². The number of primary amides is 1. The lowest BCUT2D eigenvalue weighted by Gasteiger charge is -2.13. The molecule has 1 heterocycles. The van der Waals surface area contributed by atoms with Crippen LogP contribution in [0.1, 0.15) is 16.7 Å². The number of aryl methyl sites for hydroxylation is 1. The van der Waals surface area contributed by atoms with Gasteiger partial charge in [-0.2, -0.15) is 0 Å². The van der Waals surface area contributed by atoms with E-state index >= 15 is 0 Å². The summed E-state index contributed by atoms with van der Waals surface area (Å²) in [4.78, 5) is 48.7. The lowest BCUT2D eigenvalue weighted by atomic mass is 10.1. The minimum Gasteiger partial charge on any atom is -0.493 e. The average Bonchev–Trinajstić information content (AvgIpc) is 3.02. The molecule has 1 saturated heterocycles. The Labute approximate surface area is 194 Å². The molecule has 0 saturated carbocycles. The fraction of sp³-hybridized carbons (Fsp3) is 0.217. The predicted molar refractivity (Wildman–Crippen MR) is 125 cm³/mol. The van der Waals surface area contributed by atoms with Crippen LogP contribution in [0.2, 0.25) is 0 Å². The first kappa shape index (κ1) is 23.9. The van der Waals surface area contributed by atoms with E-state index in [9.17, 15) is 19.2 Å². The van der Waals surface area contributed by atoms with Crippen LogP contribution in [0.25, 0.3) is 6.08 Å². The molecule has 0 unspecified atom stereocenters. The van der Waals surface area contributed by atoms with Crippen LogP contribution < -0.4 is 20.5 Å². The topological polar surface area (TPSA) is 128 Å². The van der Waals surface area contributed by atoms with Gasteiger partial charge < -0.3 is 20.5 Å². The van der Waals surface area contributed by atoms with Crippen molar-refractivity contribution in [2.45, 2.75) is 13.8 Å². The Morgan fingerprint density at radius 1 is 1.15 bits per heavy atom. The number of imide groups is 1. The van der Waals surface area contributed by atoms with Crippen molar-refractivity contribution in [1.82, 2.24) is 4.90 Å². The third-order valence-electron chi connectivity index (χ3n) is 4.91. The SMILES string of the molecule is COc1cc(/C=C2\SC(=O)N(CC(N)=O)C2=O)ccc1OCC(=O)Nc1cccc(C)c1C. The molecule has 4 amide bonds. The number of nitrogens with zero attached hydrogens (tertiary/aromatic N) is 1. The Hall–Kier alpha value is -3.79. The van der Waals surface area contributed by atoms with Gasteiger partial charge >= 0.3 is 0 Å². The van der Waals surface area contributed by atoms with E-state index < -0.39 is 23.6 Å². The molecule has 1 aliphatic rings. The quantitative estimate of drug-likeness (QED) is 0.569. The zero-order valence-electron chi connectivity index (χ0n) is 18.3. The normalized spacial score (nSPS) is 14.5. The van der Waals surface area contributed by atoms with Crippen molar-refractivity contribution in [3.05, 3.63) is 58.0 Å². The molecule has 0 aliphatic carbocycles. The molecular formula is C23H23N3O6S. The molecule has 2 aromatic rings. The molecular weight excluding hydrogens is 446 g/mol. The third kappa shape index (κ3) is 5.72. The summed E-state index contributed by atoms with van der Waals surface area (Å²) in [7, 11) is 1.45. The number of nitrogens with one attached hydrogen (secondary N) is 1. The van der Waals surface area contributed by atoms with Crippen LogP contribution in [0.4, 0.5) is 10.5 Å². The second-order valence-electron chi connectivity index (χ2n) is 7.23. The highest BCUT2D eigenvalue weighted by Crippen LogP contribution is 2.34. The van der Waals surface area contributed by atoms with Crippen LogP contribution in [0, 0.1) is 13.8 Å². The average molecular weight is 470 g/mol. The molecule has 0 radical (unpaired) electrons. The summed E-state index contributed by atoms with van der Waals surface area (Å²) >= 11 is 0.719. The highest BCUT2D eigenvalue weighted by Gasteiger charge is 2.35. The number of carbonyl (C=O) groups is 4. The Balaban J connectivity index is 1.69. The summed E-state index contributed by atoms with van der Waals surface area (Å²) in [6.07, 6.45) is 1.51. The van der Waals surface area contributed by atoms with Gasteiger partial charge in [0.15, 0.2) is 18.1 Å². The van der Waals surface area contributed by atoms with E-state index in [1.165, 1.54) is 13.2 Å². The number of benzene rings is 2. The van der Waals surface area contributed by atoms with E-state index in [0.717, 1.165) is 33.5 Å². The number of rotatable bonds is 8. The number of hydrogen-bond donors (Lipinski definition) is 2. The summed E-state index contributed by atoms with van der Waals surface area (Å²) in [5.74, 6) is -1.00. The van der Waals surface area contributed by atoms with Crippen molar-refractivity contribution < 1.29 is 28.7 Å². The minimum atomic E-state index is -0.775. The number of carbonyl (C=O) groups excluding carboxylic acids is 4. The number of thioether (sulfide) groups is 1. The molecule has 1 aliphatic heterocycles. The Morgan fingerprint density at radius 2 is 1.91 bits per heavy atom. The van der Waals surface area contributed by atoms with Crippen LogP contribution >= 0.6 is 11.8 Å². The van der Waals surface area contributed by atoms with Crippen LogP contribution in [0.3, 0.4) is 0 Å². The molecule has 9 nitrogen and oxygen atoms in total. The van der Waals surface area contributed by atoms with E-state index in [0.29, 0.717) is 17.1 Å². The zero-order chi connectivity index (χ0) is 24.1. The summed E-state index contributed by atoms with van der Waals surface area (Å²) in [5.41, 5.74) is 8.42.